The lowest BCUT2D eigenvalue weighted by Crippen LogP contribution is -2.54. The third-order valence-corrected chi connectivity index (χ3v) is 5.21. The second-order valence-electron chi connectivity index (χ2n) is 7.21. The number of hydroxylamine groups is 2. The Bertz CT molecular complexity index is 1140. The SMILES string of the molecule is O=C1/C=C\C(=O)ON2CCC(Oc3c(F)c(F)c(F)c(F)c3F)(c3ccccc3F)CC2O1. The zero-order valence-electron chi connectivity index (χ0n) is 16.4. The van der Waals surface area contributed by atoms with E-state index in [2.05, 4.69) is 0 Å². The second-order valence-corrected chi connectivity index (χ2v) is 7.21. The third-order valence-electron chi connectivity index (χ3n) is 5.21. The van der Waals surface area contributed by atoms with E-state index in [-0.39, 0.29) is 18.5 Å². The summed E-state index contributed by atoms with van der Waals surface area (Å²) < 4.78 is 95.1. The first-order chi connectivity index (χ1) is 15.6. The summed E-state index contributed by atoms with van der Waals surface area (Å²) in [5, 5.41) is 0.935. The van der Waals surface area contributed by atoms with Gasteiger partial charge < -0.3 is 14.3 Å². The predicted molar refractivity (Wildman–Crippen MR) is 96.0 cm³/mol. The van der Waals surface area contributed by atoms with Crippen molar-refractivity contribution >= 4 is 11.9 Å². The maximum Gasteiger partial charge on any atom is 0.350 e. The van der Waals surface area contributed by atoms with Crippen LogP contribution in [-0.4, -0.2) is 29.8 Å². The fourth-order valence-corrected chi connectivity index (χ4v) is 3.67. The Labute approximate surface area is 181 Å². The number of carbonyl (C=O) groups is 2. The van der Waals surface area contributed by atoms with Crippen LogP contribution in [0.4, 0.5) is 26.3 Å². The molecule has 0 radical (unpaired) electrons. The molecule has 0 N–H and O–H groups in total. The highest BCUT2D eigenvalue weighted by molar-refractivity contribution is 5.92. The van der Waals surface area contributed by atoms with E-state index in [0.717, 1.165) is 23.3 Å². The van der Waals surface area contributed by atoms with Gasteiger partial charge in [-0.25, -0.2) is 27.2 Å². The van der Waals surface area contributed by atoms with Crippen LogP contribution in [0.25, 0.3) is 0 Å². The van der Waals surface area contributed by atoms with Crippen LogP contribution in [0.2, 0.25) is 0 Å². The van der Waals surface area contributed by atoms with Gasteiger partial charge in [0.1, 0.15) is 11.4 Å². The Morgan fingerprint density at radius 1 is 0.879 bits per heavy atom. The zero-order chi connectivity index (χ0) is 23.9. The average Bonchev–Trinajstić information content (AvgIpc) is 2.79. The molecule has 2 aliphatic heterocycles. The van der Waals surface area contributed by atoms with E-state index in [1.807, 2.05) is 0 Å². The molecule has 174 valence electrons. The van der Waals surface area contributed by atoms with Crippen molar-refractivity contribution in [3.05, 3.63) is 76.9 Å². The van der Waals surface area contributed by atoms with Gasteiger partial charge in [-0.3, -0.25) is 0 Å². The summed E-state index contributed by atoms with van der Waals surface area (Å²) in [6, 6.07) is 4.86. The minimum atomic E-state index is -2.39. The monoisotopic (exact) mass is 473 g/mol. The topological polar surface area (TPSA) is 65.1 Å². The van der Waals surface area contributed by atoms with Crippen LogP contribution in [0.5, 0.6) is 5.75 Å². The number of esters is 1. The number of piperidine rings is 1. The number of hydrogen-bond donors (Lipinski definition) is 0. The molecule has 2 aromatic carbocycles. The van der Waals surface area contributed by atoms with Gasteiger partial charge in [0.15, 0.2) is 12.0 Å². The smallest absolute Gasteiger partial charge is 0.350 e. The van der Waals surface area contributed by atoms with Crippen molar-refractivity contribution in [2.45, 2.75) is 24.7 Å². The molecule has 0 aliphatic carbocycles. The minimum Gasteiger partial charge on any atom is -0.476 e. The van der Waals surface area contributed by atoms with Crippen LogP contribution in [0.15, 0.2) is 36.4 Å². The Morgan fingerprint density at radius 2 is 1.48 bits per heavy atom. The molecule has 0 saturated carbocycles. The highest BCUT2D eigenvalue weighted by Gasteiger charge is 2.49. The van der Waals surface area contributed by atoms with E-state index in [9.17, 15) is 35.9 Å². The molecule has 1 saturated heterocycles. The lowest BCUT2D eigenvalue weighted by molar-refractivity contribution is -0.265. The summed E-state index contributed by atoms with van der Waals surface area (Å²) in [5.74, 6) is -15.8. The van der Waals surface area contributed by atoms with Crippen molar-refractivity contribution in [3.8, 4) is 5.75 Å². The Balaban J connectivity index is 1.83. The van der Waals surface area contributed by atoms with Crippen molar-refractivity contribution < 1.29 is 50.2 Å². The molecular formula is C21H13F6NO5. The Kier molecular flexibility index (Phi) is 5.78. The fourth-order valence-electron chi connectivity index (χ4n) is 3.67. The van der Waals surface area contributed by atoms with E-state index < -0.39 is 70.8 Å². The molecule has 2 aromatic rings. The van der Waals surface area contributed by atoms with Gasteiger partial charge in [0.05, 0.1) is 0 Å². The molecule has 33 heavy (non-hydrogen) atoms. The Morgan fingerprint density at radius 3 is 2.15 bits per heavy atom. The molecule has 0 amide bonds. The summed E-state index contributed by atoms with van der Waals surface area (Å²) in [7, 11) is 0. The zero-order valence-corrected chi connectivity index (χ0v) is 16.4. The van der Waals surface area contributed by atoms with Crippen LogP contribution < -0.4 is 4.74 Å². The highest BCUT2D eigenvalue weighted by atomic mass is 19.2. The maximum atomic E-state index is 14.8. The van der Waals surface area contributed by atoms with Crippen molar-refractivity contribution in [2.75, 3.05) is 6.54 Å². The summed E-state index contributed by atoms with van der Waals surface area (Å²) >= 11 is 0. The number of rotatable bonds is 3. The van der Waals surface area contributed by atoms with Gasteiger partial charge in [0, 0.05) is 37.1 Å². The van der Waals surface area contributed by atoms with Crippen molar-refractivity contribution in [1.29, 1.82) is 0 Å². The first-order valence-corrected chi connectivity index (χ1v) is 9.45. The van der Waals surface area contributed by atoms with Gasteiger partial charge in [0.25, 0.3) is 0 Å². The fraction of sp³-hybridized carbons (Fsp3) is 0.238. The lowest BCUT2D eigenvalue weighted by Gasteiger charge is -2.44. The number of carbonyl (C=O) groups excluding carboxylic acids is 2. The van der Waals surface area contributed by atoms with Gasteiger partial charge in [-0.05, 0) is 6.07 Å². The quantitative estimate of drug-likeness (QED) is 0.293. The number of hydrogen-bond acceptors (Lipinski definition) is 6. The molecule has 2 aliphatic rings. The van der Waals surface area contributed by atoms with Gasteiger partial charge in [-0.2, -0.15) is 8.78 Å². The second kappa shape index (κ2) is 8.43. The molecule has 1 fully saturated rings. The minimum absolute atomic E-state index is 0.298. The highest BCUT2D eigenvalue weighted by Crippen LogP contribution is 2.44. The molecule has 4 rings (SSSR count). The van der Waals surface area contributed by atoms with Gasteiger partial charge in [0.2, 0.25) is 29.1 Å². The number of benzene rings is 2. The van der Waals surface area contributed by atoms with E-state index in [0.29, 0.717) is 0 Å². The largest absolute Gasteiger partial charge is 0.476 e. The van der Waals surface area contributed by atoms with E-state index in [1.165, 1.54) is 18.2 Å². The van der Waals surface area contributed by atoms with Gasteiger partial charge >= 0.3 is 11.9 Å². The van der Waals surface area contributed by atoms with Crippen molar-refractivity contribution in [1.82, 2.24) is 5.06 Å². The van der Waals surface area contributed by atoms with Gasteiger partial charge in [-0.1, -0.05) is 23.3 Å². The third kappa shape index (κ3) is 4.01. The standard InChI is InChI=1S/C21H13F6NO5/c22-11-4-2-1-3-10(11)21(32-20-18(26)16(24)15(23)17(25)19(20)27)7-8-28-12(9-21)31-13(29)5-6-14(30)33-28/h1-6,12H,7-9H2/b6-5-. The van der Waals surface area contributed by atoms with E-state index >= 15 is 0 Å². The van der Waals surface area contributed by atoms with Crippen LogP contribution >= 0.6 is 0 Å². The summed E-state index contributed by atoms with van der Waals surface area (Å²) in [5.41, 5.74) is -2.37. The molecule has 0 bridgehead atoms. The molecule has 2 atom stereocenters. The normalized spacial score (nSPS) is 24.2. The maximum absolute atomic E-state index is 14.8. The van der Waals surface area contributed by atoms with Crippen LogP contribution in [0.3, 0.4) is 0 Å². The number of halogens is 6. The van der Waals surface area contributed by atoms with E-state index in [4.69, 9.17) is 14.3 Å². The lowest BCUT2D eigenvalue weighted by atomic mass is 9.83. The van der Waals surface area contributed by atoms with Crippen molar-refractivity contribution in [2.24, 2.45) is 0 Å². The van der Waals surface area contributed by atoms with Gasteiger partial charge in [-0.15, -0.1) is 0 Å². The van der Waals surface area contributed by atoms with Crippen molar-refractivity contribution in [3.63, 3.8) is 0 Å². The van der Waals surface area contributed by atoms with Crippen LogP contribution in [0.1, 0.15) is 18.4 Å². The molecule has 0 aromatic heterocycles. The summed E-state index contributed by atoms with van der Waals surface area (Å²) in [6.45, 7) is -0.304. The molecule has 2 unspecified atom stereocenters. The predicted octanol–water partition coefficient (Wildman–Crippen LogP) is 3.79. The number of fused-ring (bicyclic) bond motifs is 1. The summed E-state index contributed by atoms with van der Waals surface area (Å²) in [4.78, 5) is 28.7. The first kappa shape index (κ1) is 22.6. The molecule has 0 spiro atoms. The van der Waals surface area contributed by atoms with Crippen LogP contribution in [0, 0.1) is 34.9 Å². The average molecular weight is 473 g/mol. The summed E-state index contributed by atoms with van der Waals surface area (Å²) in [6.07, 6.45) is -0.785. The molecule has 12 heteroatoms. The molecule has 2 heterocycles. The van der Waals surface area contributed by atoms with Crippen LogP contribution in [-0.2, 0) is 24.8 Å². The van der Waals surface area contributed by atoms with E-state index in [1.54, 1.807) is 0 Å². The first-order valence-electron chi connectivity index (χ1n) is 9.45. The molecular weight excluding hydrogens is 460 g/mol. The molecule has 6 nitrogen and oxygen atoms in total. The number of ether oxygens (including phenoxy) is 2. The Hall–Kier alpha value is -3.54. The number of nitrogens with zero attached hydrogens (tertiary/aromatic N) is 1.